The van der Waals surface area contributed by atoms with Gasteiger partial charge in [0.15, 0.2) is 11.2 Å². The van der Waals surface area contributed by atoms with Crippen LogP contribution in [-0.4, -0.2) is 31.8 Å². The molecule has 21 heavy (non-hydrogen) atoms. The topological polar surface area (TPSA) is 99.9 Å². The molecule has 3 N–H and O–H groups in total. The van der Waals surface area contributed by atoms with Gasteiger partial charge in [0.05, 0.1) is 0 Å². The SMILES string of the molecule is CCn1c(=O)c2c(nc(NCCCN)n2C)n(CC)c1=O. The Morgan fingerprint density at radius 3 is 2.43 bits per heavy atom. The van der Waals surface area contributed by atoms with E-state index in [0.29, 0.717) is 43.3 Å². The number of nitrogens with zero attached hydrogens (tertiary/aromatic N) is 4. The monoisotopic (exact) mass is 294 g/mol. The summed E-state index contributed by atoms with van der Waals surface area (Å²) < 4.78 is 4.46. The summed E-state index contributed by atoms with van der Waals surface area (Å²) >= 11 is 0. The largest absolute Gasteiger partial charge is 0.356 e. The molecule has 0 unspecified atom stereocenters. The lowest BCUT2D eigenvalue weighted by molar-refractivity contribution is 0.604. The molecule has 0 bridgehead atoms. The molecule has 0 aliphatic rings. The minimum absolute atomic E-state index is 0.302. The van der Waals surface area contributed by atoms with E-state index in [9.17, 15) is 9.59 Å². The summed E-state index contributed by atoms with van der Waals surface area (Å²) in [5.74, 6) is 0.575. The van der Waals surface area contributed by atoms with Crippen molar-refractivity contribution in [1.82, 2.24) is 18.7 Å². The first-order chi connectivity index (χ1) is 10.1. The maximum Gasteiger partial charge on any atom is 0.332 e. The van der Waals surface area contributed by atoms with E-state index in [0.717, 1.165) is 6.42 Å². The van der Waals surface area contributed by atoms with Crippen LogP contribution in [0.25, 0.3) is 11.2 Å². The normalized spacial score (nSPS) is 11.2. The molecule has 0 fully saturated rings. The van der Waals surface area contributed by atoms with Crippen molar-refractivity contribution in [2.75, 3.05) is 18.4 Å². The molecule has 0 saturated heterocycles. The number of hydrogen-bond acceptors (Lipinski definition) is 5. The number of hydrogen-bond donors (Lipinski definition) is 2. The molecule has 2 aromatic heterocycles. The molecule has 2 rings (SSSR count). The third kappa shape index (κ3) is 2.46. The summed E-state index contributed by atoms with van der Waals surface area (Å²) in [6.45, 7) is 5.71. The predicted octanol–water partition coefficient (Wildman–Crippen LogP) is -0.303. The van der Waals surface area contributed by atoms with Crippen LogP contribution >= 0.6 is 0 Å². The van der Waals surface area contributed by atoms with Gasteiger partial charge in [-0.2, -0.15) is 4.98 Å². The van der Waals surface area contributed by atoms with Gasteiger partial charge in [-0.05, 0) is 26.8 Å². The molecule has 0 saturated carbocycles. The average Bonchev–Trinajstić information content (AvgIpc) is 2.78. The first-order valence-corrected chi connectivity index (χ1v) is 7.20. The van der Waals surface area contributed by atoms with Crippen molar-refractivity contribution in [3.05, 3.63) is 20.8 Å². The van der Waals surface area contributed by atoms with Crippen molar-refractivity contribution in [3.63, 3.8) is 0 Å². The molecular weight excluding hydrogens is 272 g/mol. The number of nitrogens with one attached hydrogen (secondary N) is 1. The Labute approximate surface area is 122 Å². The first kappa shape index (κ1) is 15.3. The van der Waals surface area contributed by atoms with Crippen molar-refractivity contribution in [3.8, 4) is 0 Å². The lowest BCUT2D eigenvalue weighted by atomic mass is 10.4. The minimum Gasteiger partial charge on any atom is -0.356 e. The average molecular weight is 294 g/mol. The number of fused-ring (bicyclic) bond motifs is 1. The van der Waals surface area contributed by atoms with E-state index >= 15 is 0 Å². The zero-order chi connectivity index (χ0) is 15.6. The standard InChI is InChI=1S/C13H22N6O2/c1-4-18-10-9(11(20)19(5-2)13(18)21)17(3)12(16-10)15-8-6-7-14/h4-8,14H2,1-3H3,(H,15,16). The highest BCUT2D eigenvalue weighted by atomic mass is 16.2. The summed E-state index contributed by atoms with van der Waals surface area (Å²) in [6.07, 6.45) is 0.809. The third-order valence-corrected chi connectivity index (χ3v) is 3.54. The maximum atomic E-state index is 12.5. The second kappa shape index (κ2) is 6.13. The summed E-state index contributed by atoms with van der Waals surface area (Å²) in [6, 6.07) is 0. The van der Waals surface area contributed by atoms with E-state index in [2.05, 4.69) is 10.3 Å². The van der Waals surface area contributed by atoms with Crippen LogP contribution < -0.4 is 22.3 Å². The van der Waals surface area contributed by atoms with Crippen molar-refractivity contribution in [2.45, 2.75) is 33.4 Å². The summed E-state index contributed by atoms with van der Waals surface area (Å²) in [5.41, 5.74) is 5.71. The maximum absolute atomic E-state index is 12.5. The second-order valence-electron chi connectivity index (χ2n) is 4.81. The Balaban J connectivity index is 2.69. The van der Waals surface area contributed by atoms with Gasteiger partial charge < -0.3 is 15.6 Å². The van der Waals surface area contributed by atoms with Gasteiger partial charge in [-0.3, -0.25) is 13.9 Å². The number of aryl methyl sites for hydroxylation is 2. The molecule has 2 heterocycles. The second-order valence-corrected chi connectivity index (χ2v) is 4.81. The van der Waals surface area contributed by atoms with Crippen LogP contribution in [0.5, 0.6) is 0 Å². The molecule has 116 valence electrons. The molecular formula is C13H22N6O2. The lowest BCUT2D eigenvalue weighted by Crippen LogP contribution is -2.39. The van der Waals surface area contributed by atoms with Gasteiger partial charge in [-0.25, -0.2) is 4.79 Å². The van der Waals surface area contributed by atoms with Gasteiger partial charge in [0, 0.05) is 26.7 Å². The zero-order valence-corrected chi connectivity index (χ0v) is 12.7. The fourth-order valence-corrected chi connectivity index (χ4v) is 2.39. The van der Waals surface area contributed by atoms with Crippen LogP contribution in [0.15, 0.2) is 9.59 Å². The van der Waals surface area contributed by atoms with Crippen molar-refractivity contribution >= 4 is 17.1 Å². The lowest BCUT2D eigenvalue weighted by Gasteiger charge is -2.08. The fourth-order valence-electron chi connectivity index (χ4n) is 2.39. The first-order valence-electron chi connectivity index (χ1n) is 7.20. The van der Waals surface area contributed by atoms with Crippen molar-refractivity contribution < 1.29 is 0 Å². The van der Waals surface area contributed by atoms with Crippen LogP contribution in [0, 0.1) is 0 Å². The Kier molecular flexibility index (Phi) is 4.46. The van der Waals surface area contributed by atoms with Crippen molar-refractivity contribution in [1.29, 1.82) is 0 Å². The number of imidazole rings is 1. The molecule has 0 aliphatic heterocycles. The van der Waals surface area contributed by atoms with Gasteiger partial charge in [-0.1, -0.05) is 0 Å². The molecule has 0 radical (unpaired) electrons. The van der Waals surface area contributed by atoms with Crippen LogP contribution in [0.2, 0.25) is 0 Å². The molecule has 0 amide bonds. The number of rotatable bonds is 6. The molecule has 0 atom stereocenters. The van der Waals surface area contributed by atoms with Crippen molar-refractivity contribution in [2.24, 2.45) is 12.8 Å². The van der Waals surface area contributed by atoms with Crippen LogP contribution in [0.3, 0.4) is 0 Å². The van der Waals surface area contributed by atoms with Crippen LogP contribution in [0.4, 0.5) is 5.95 Å². The van der Waals surface area contributed by atoms with Gasteiger partial charge in [0.1, 0.15) is 0 Å². The van der Waals surface area contributed by atoms with Gasteiger partial charge >= 0.3 is 5.69 Å². The Hall–Kier alpha value is -2.09. The molecule has 0 aliphatic carbocycles. The Morgan fingerprint density at radius 2 is 1.86 bits per heavy atom. The fraction of sp³-hybridized carbons (Fsp3) is 0.615. The summed E-state index contributed by atoms with van der Waals surface area (Å²) in [5, 5.41) is 3.15. The molecule has 0 aromatic carbocycles. The smallest absolute Gasteiger partial charge is 0.332 e. The van der Waals surface area contributed by atoms with E-state index in [4.69, 9.17) is 5.73 Å². The zero-order valence-electron chi connectivity index (χ0n) is 12.7. The van der Waals surface area contributed by atoms with Gasteiger partial charge in [0.2, 0.25) is 5.95 Å². The third-order valence-electron chi connectivity index (χ3n) is 3.54. The Bertz CT molecular complexity index is 755. The van der Waals surface area contributed by atoms with Crippen LogP contribution in [-0.2, 0) is 20.1 Å². The number of anilines is 1. The molecule has 8 nitrogen and oxygen atoms in total. The van der Waals surface area contributed by atoms with E-state index in [-0.39, 0.29) is 11.2 Å². The molecule has 0 spiro atoms. The summed E-state index contributed by atoms with van der Waals surface area (Å²) in [7, 11) is 1.77. The highest BCUT2D eigenvalue weighted by molar-refractivity contribution is 5.74. The van der Waals surface area contributed by atoms with E-state index in [1.807, 2.05) is 6.92 Å². The predicted molar refractivity (Wildman–Crippen MR) is 82.7 cm³/mol. The van der Waals surface area contributed by atoms with E-state index in [1.54, 1.807) is 18.5 Å². The number of nitrogens with two attached hydrogens (primary N) is 1. The highest BCUT2D eigenvalue weighted by Gasteiger charge is 2.18. The molecule has 2 aromatic rings. The van der Waals surface area contributed by atoms with Crippen LogP contribution in [0.1, 0.15) is 20.3 Å². The minimum atomic E-state index is -0.316. The van der Waals surface area contributed by atoms with Gasteiger partial charge in [0.25, 0.3) is 5.56 Å². The van der Waals surface area contributed by atoms with E-state index in [1.165, 1.54) is 9.13 Å². The Morgan fingerprint density at radius 1 is 1.19 bits per heavy atom. The van der Waals surface area contributed by atoms with Gasteiger partial charge in [-0.15, -0.1) is 0 Å². The number of aromatic nitrogens is 4. The highest BCUT2D eigenvalue weighted by Crippen LogP contribution is 2.13. The molecule has 8 heteroatoms. The quantitative estimate of drug-likeness (QED) is 0.712. The van der Waals surface area contributed by atoms with E-state index < -0.39 is 0 Å². The summed E-state index contributed by atoms with van der Waals surface area (Å²) in [4.78, 5) is 29.2.